The zero-order valence-electron chi connectivity index (χ0n) is 16.9. The number of nitrogens with zero attached hydrogens (tertiary/aromatic N) is 2. The SMILES string of the molecule is COc1cc(C=C2C(=O)N(C)C(=O)N(C)C2=O)cc(Cl)c1OC(=O)c1ccc(Cl)cc1Cl. The van der Waals surface area contributed by atoms with Crippen molar-refractivity contribution in [3.8, 4) is 11.5 Å². The number of carbonyl (C=O) groups is 4. The predicted octanol–water partition coefficient (Wildman–Crippen LogP) is 4.31. The summed E-state index contributed by atoms with van der Waals surface area (Å²) in [5.41, 5.74) is 0.129. The number of esters is 1. The third kappa shape index (κ3) is 4.43. The van der Waals surface area contributed by atoms with Gasteiger partial charge in [0.2, 0.25) is 0 Å². The summed E-state index contributed by atoms with van der Waals surface area (Å²) in [6.45, 7) is 0. The third-order valence-corrected chi connectivity index (χ3v) is 5.38. The van der Waals surface area contributed by atoms with Crippen LogP contribution in [-0.2, 0) is 9.59 Å². The molecule has 0 atom stereocenters. The van der Waals surface area contributed by atoms with Gasteiger partial charge in [0, 0.05) is 19.1 Å². The molecule has 0 aliphatic carbocycles. The number of rotatable bonds is 4. The average molecular weight is 498 g/mol. The number of benzene rings is 2. The van der Waals surface area contributed by atoms with Crippen LogP contribution in [0.1, 0.15) is 15.9 Å². The van der Waals surface area contributed by atoms with E-state index in [9.17, 15) is 19.2 Å². The van der Waals surface area contributed by atoms with Gasteiger partial charge in [-0.05, 0) is 42.0 Å². The molecule has 32 heavy (non-hydrogen) atoms. The minimum Gasteiger partial charge on any atom is -0.493 e. The van der Waals surface area contributed by atoms with Gasteiger partial charge in [0.05, 0.1) is 22.7 Å². The molecule has 0 aromatic heterocycles. The van der Waals surface area contributed by atoms with Crippen molar-refractivity contribution in [1.29, 1.82) is 0 Å². The second kappa shape index (κ2) is 9.20. The molecule has 0 spiro atoms. The van der Waals surface area contributed by atoms with E-state index in [1.165, 1.54) is 57.6 Å². The zero-order chi connectivity index (χ0) is 23.7. The van der Waals surface area contributed by atoms with E-state index in [-0.39, 0.29) is 32.7 Å². The van der Waals surface area contributed by atoms with E-state index in [4.69, 9.17) is 44.3 Å². The molecule has 0 unspecified atom stereocenters. The van der Waals surface area contributed by atoms with Crippen molar-refractivity contribution in [1.82, 2.24) is 9.80 Å². The monoisotopic (exact) mass is 496 g/mol. The molecule has 1 aliphatic heterocycles. The first kappa shape index (κ1) is 23.6. The molecular formula is C21H15Cl3N2O6. The average Bonchev–Trinajstić information content (AvgIpc) is 2.75. The standard InChI is InChI=1S/C21H15Cl3N2O6/c1-25-18(27)13(19(28)26(2)21(25)30)6-10-7-15(24)17(16(8-10)31-3)32-20(29)12-5-4-11(22)9-14(12)23/h4-9H,1-3H3. The van der Waals surface area contributed by atoms with Gasteiger partial charge in [-0.25, -0.2) is 9.59 Å². The second-order valence-corrected chi connectivity index (χ2v) is 7.87. The molecule has 11 heteroatoms. The molecule has 1 saturated heterocycles. The number of imide groups is 2. The summed E-state index contributed by atoms with van der Waals surface area (Å²) < 4.78 is 10.6. The van der Waals surface area contributed by atoms with E-state index in [1.54, 1.807) is 0 Å². The Morgan fingerprint density at radius 2 is 1.56 bits per heavy atom. The number of amides is 4. The molecule has 2 aromatic carbocycles. The Morgan fingerprint density at radius 1 is 0.938 bits per heavy atom. The van der Waals surface area contributed by atoms with Gasteiger partial charge < -0.3 is 9.47 Å². The Morgan fingerprint density at radius 3 is 2.12 bits per heavy atom. The number of hydrogen-bond donors (Lipinski definition) is 0. The van der Waals surface area contributed by atoms with Crippen molar-refractivity contribution < 1.29 is 28.7 Å². The van der Waals surface area contributed by atoms with Gasteiger partial charge in [0.1, 0.15) is 5.57 Å². The van der Waals surface area contributed by atoms with Crippen LogP contribution in [0.3, 0.4) is 0 Å². The quantitative estimate of drug-likeness (QED) is 0.270. The van der Waals surface area contributed by atoms with Crippen LogP contribution < -0.4 is 9.47 Å². The molecular weight excluding hydrogens is 483 g/mol. The summed E-state index contributed by atoms with van der Waals surface area (Å²) in [5, 5.41) is 0.420. The third-order valence-electron chi connectivity index (χ3n) is 4.55. The maximum absolute atomic E-state index is 12.5. The molecule has 4 amide bonds. The highest BCUT2D eigenvalue weighted by molar-refractivity contribution is 6.37. The van der Waals surface area contributed by atoms with Crippen LogP contribution >= 0.6 is 34.8 Å². The van der Waals surface area contributed by atoms with Crippen LogP contribution in [-0.4, -0.2) is 54.8 Å². The molecule has 166 valence electrons. The normalized spacial score (nSPS) is 14.1. The van der Waals surface area contributed by atoms with E-state index in [1.807, 2.05) is 0 Å². The first-order valence-electron chi connectivity index (χ1n) is 8.91. The van der Waals surface area contributed by atoms with E-state index in [2.05, 4.69) is 0 Å². The fourth-order valence-electron chi connectivity index (χ4n) is 2.87. The van der Waals surface area contributed by atoms with Gasteiger partial charge in [-0.15, -0.1) is 0 Å². The van der Waals surface area contributed by atoms with Crippen LogP contribution in [0.2, 0.25) is 15.1 Å². The summed E-state index contributed by atoms with van der Waals surface area (Å²) in [6.07, 6.45) is 1.26. The molecule has 0 N–H and O–H groups in total. The molecule has 1 aliphatic rings. The van der Waals surface area contributed by atoms with Crippen molar-refractivity contribution in [2.75, 3.05) is 21.2 Å². The Hall–Kier alpha value is -3.07. The Bertz CT molecular complexity index is 1170. The van der Waals surface area contributed by atoms with Gasteiger partial charge in [-0.3, -0.25) is 19.4 Å². The van der Waals surface area contributed by atoms with Crippen LogP contribution in [0.5, 0.6) is 11.5 Å². The first-order chi connectivity index (χ1) is 15.0. The van der Waals surface area contributed by atoms with Crippen molar-refractivity contribution in [2.24, 2.45) is 0 Å². The number of methoxy groups -OCH3 is 1. The number of urea groups is 1. The maximum atomic E-state index is 12.5. The van der Waals surface area contributed by atoms with Gasteiger partial charge in [0.25, 0.3) is 11.8 Å². The highest BCUT2D eigenvalue weighted by Crippen LogP contribution is 2.38. The zero-order valence-corrected chi connectivity index (χ0v) is 19.2. The fourth-order valence-corrected chi connectivity index (χ4v) is 3.61. The minimum atomic E-state index is -0.794. The topological polar surface area (TPSA) is 93.2 Å². The number of ether oxygens (including phenoxy) is 2. The van der Waals surface area contributed by atoms with Gasteiger partial charge in [-0.2, -0.15) is 0 Å². The van der Waals surface area contributed by atoms with Crippen LogP contribution in [0, 0.1) is 0 Å². The summed E-state index contributed by atoms with van der Waals surface area (Å²) in [7, 11) is 3.85. The Kier molecular flexibility index (Phi) is 6.78. The Balaban J connectivity index is 1.97. The molecule has 1 fully saturated rings. The first-order valence-corrected chi connectivity index (χ1v) is 10.0. The number of likely N-dealkylation sites (N-methyl/N-ethyl adjacent to an activating group) is 2. The summed E-state index contributed by atoms with van der Waals surface area (Å²) >= 11 is 18.2. The van der Waals surface area contributed by atoms with E-state index in [0.29, 0.717) is 10.6 Å². The maximum Gasteiger partial charge on any atom is 0.345 e. The lowest BCUT2D eigenvalue weighted by Crippen LogP contribution is -2.52. The van der Waals surface area contributed by atoms with E-state index < -0.39 is 23.8 Å². The molecule has 0 radical (unpaired) electrons. The molecule has 0 saturated carbocycles. The second-order valence-electron chi connectivity index (χ2n) is 6.62. The number of barbiturate groups is 1. The van der Waals surface area contributed by atoms with Gasteiger partial charge in [0.15, 0.2) is 11.5 Å². The highest BCUT2D eigenvalue weighted by atomic mass is 35.5. The highest BCUT2D eigenvalue weighted by Gasteiger charge is 2.37. The smallest absolute Gasteiger partial charge is 0.345 e. The molecule has 1 heterocycles. The minimum absolute atomic E-state index is 0.0249. The van der Waals surface area contributed by atoms with Gasteiger partial charge in [-0.1, -0.05) is 34.8 Å². The summed E-state index contributed by atoms with van der Waals surface area (Å²) in [6, 6.07) is 6.33. The molecule has 2 aromatic rings. The lowest BCUT2D eigenvalue weighted by Gasteiger charge is -2.28. The number of halogens is 3. The predicted molar refractivity (Wildman–Crippen MR) is 118 cm³/mol. The lowest BCUT2D eigenvalue weighted by molar-refractivity contribution is -0.134. The molecule has 8 nitrogen and oxygen atoms in total. The number of carbonyl (C=O) groups excluding carboxylic acids is 4. The van der Waals surface area contributed by atoms with Crippen molar-refractivity contribution in [3.05, 3.63) is 62.1 Å². The fraction of sp³-hybridized carbons (Fsp3) is 0.143. The summed E-state index contributed by atoms with van der Waals surface area (Å²) in [4.78, 5) is 50.9. The van der Waals surface area contributed by atoms with E-state index in [0.717, 1.165) is 9.80 Å². The number of hydrogen-bond acceptors (Lipinski definition) is 6. The Labute approximate surface area is 197 Å². The molecule has 3 rings (SSSR count). The largest absolute Gasteiger partial charge is 0.493 e. The molecule has 0 bridgehead atoms. The van der Waals surface area contributed by atoms with Crippen molar-refractivity contribution >= 4 is 64.7 Å². The lowest BCUT2D eigenvalue weighted by atomic mass is 10.1. The van der Waals surface area contributed by atoms with Crippen molar-refractivity contribution in [2.45, 2.75) is 0 Å². The van der Waals surface area contributed by atoms with Crippen LogP contribution in [0.15, 0.2) is 35.9 Å². The van der Waals surface area contributed by atoms with Crippen LogP contribution in [0.25, 0.3) is 6.08 Å². The van der Waals surface area contributed by atoms with Crippen molar-refractivity contribution in [3.63, 3.8) is 0 Å². The van der Waals surface area contributed by atoms with Crippen LogP contribution in [0.4, 0.5) is 4.79 Å². The van der Waals surface area contributed by atoms with E-state index >= 15 is 0 Å². The summed E-state index contributed by atoms with van der Waals surface area (Å²) in [5.74, 6) is -2.34. The van der Waals surface area contributed by atoms with Gasteiger partial charge >= 0.3 is 12.0 Å².